The molecular formula is C15H14N2O4. The average Bonchev–Trinajstić information content (AvgIpc) is 2.53. The van der Waals surface area contributed by atoms with Gasteiger partial charge in [-0.25, -0.2) is 9.78 Å². The van der Waals surface area contributed by atoms with Gasteiger partial charge in [0.2, 0.25) is 0 Å². The van der Waals surface area contributed by atoms with Gasteiger partial charge in [-0.2, -0.15) is 0 Å². The van der Waals surface area contributed by atoms with Gasteiger partial charge in [-0.05, 0) is 24.3 Å². The summed E-state index contributed by atoms with van der Waals surface area (Å²) in [6, 6.07) is 11.7. The SMILES string of the molecule is COc1cccc(NC(=O)COC(=O)c2ccccn2)c1. The van der Waals surface area contributed by atoms with Crippen LogP contribution in [0.1, 0.15) is 10.5 Å². The number of ether oxygens (including phenoxy) is 2. The summed E-state index contributed by atoms with van der Waals surface area (Å²) in [5, 5.41) is 2.61. The molecule has 0 aliphatic heterocycles. The van der Waals surface area contributed by atoms with E-state index in [1.807, 2.05) is 0 Å². The van der Waals surface area contributed by atoms with Crippen LogP contribution in [0, 0.1) is 0 Å². The number of pyridine rings is 1. The fraction of sp³-hybridized carbons (Fsp3) is 0.133. The van der Waals surface area contributed by atoms with E-state index in [0.29, 0.717) is 11.4 Å². The Morgan fingerprint density at radius 3 is 2.76 bits per heavy atom. The lowest BCUT2D eigenvalue weighted by atomic mass is 10.3. The summed E-state index contributed by atoms with van der Waals surface area (Å²) in [5.41, 5.74) is 0.722. The summed E-state index contributed by atoms with van der Waals surface area (Å²) in [7, 11) is 1.54. The molecule has 6 nitrogen and oxygen atoms in total. The van der Waals surface area contributed by atoms with E-state index in [1.165, 1.54) is 19.4 Å². The van der Waals surface area contributed by atoms with Gasteiger partial charge in [-0.1, -0.05) is 12.1 Å². The van der Waals surface area contributed by atoms with Crippen molar-refractivity contribution in [1.29, 1.82) is 0 Å². The predicted octanol–water partition coefficient (Wildman–Crippen LogP) is 1.89. The van der Waals surface area contributed by atoms with Crippen molar-refractivity contribution < 1.29 is 19.1 Å². The second-order valence-electron chi connectivity index (χ2n) is 4.07. The molecule has 1 aromatic carbocycles. The predicted molar refractivity (Wildman–Crippen MR) is 76.1 cm³/mol. The zero-order valence-corrected chi connectivity index (χ0v) is 11.4. The van der Waals surface area contributed by atoms with Gasteiger partial charge >= 0.3 is 5.97 Å². The van der Waals surface area contributed by atoms with Crippen molar-refractivity contribution in [2.24, 2.45) is 0 Å². The molecule has 0 bridgehead atoms. The van der Waals surface area contributed by atoms with Crippen LogP contribution in [0.25, 0.3) is 0 Å². The largest absolute Gasteiger partial charge is 0.497 e. The van der Waals surface area contributed by atoms with Crippen LogP contribution in [0.5, 0.6) is 5.75 Å². The topological polar surface area (TPSA) is 77.5 Å². The number of nitrogens with one attached hydrogen (secondary N) is 1. The lowest BCUT2D eigenvalue weighted by Crippen LogP contribution is -2.21. The number of hydrogen-bond acceptors (Lipinski definition) is 5. The molecule has 1 N–H and O–H groups in total. The minimum absolute atomic E-state index is 0.159. The molecule has 0 aliphatic carbocycles. The quantitative estimate of drug-likeness (QED) is 0.849. The number of anilines is 1. The average molecular weight is 286 g/mol. The van der Waals surface area contributed by atoms with E-state index < -0.39 is 11.9 Å². The minimum atomic E-state index is -0.642. The molecule has 6 heteroatoms. The van der Waals surface area contributed by atoms with E-state index in [2.05, 4.69) is 10.3 Å². The Morgan fingerprint density at radius 2 is 2.05 bits per heavy atom. The molecule has 1 heterocycles. The molecule has 0 spiro atoms. The van der Waals surface area contributed by atoms with Gasteiger partial charge in [0.25, 0.3) is 5.91 Å². The second kappa shape index (κ2) is 7.04. The summed E-state index contributed by atoms with van der Waals surface area (Å²) >= 11 is 0. The molecule has 1 amide bonds. The van der Waals surface area contributed by atoms with Gasteiger partial charge in [0.05, 0.1) is 7.11 Å². The number of nitrogens with zero attached hydrogens (tertiary/aromatic N) is 1. The van der Waals surface area contributed by atoms with E-state index >= 15 is 0 Å². The van der Waals surface area contributed by atoms with Crippen molar-refractivity contribution in [2.75, 3.05) is 19.0 Å². The first-order chi connectivity index (χ1) is 10.2. The maximum atomic E-state index is 11.7. The van der Waals surface area contributed by atoms with Crippen molar-refractivity contribution in [3.63, 3.8) is 0 Å². The van der Waals surface area contributed by atoms with Crippen LogP contribution in [0.3, 0.4) is 0 Å². The van der Waals surface area contributed by atoms with E-state index in [0.717, 1.165) is 0 Å². The van der Waals surface area contributed by atoms with Crippen LogP contribution in [0.2, 0.25) is 0 Å². The summed E-state index contributed by atoms with van der Waals surface area (Å²) in [4.78, 5) is 27.2. The third-order valence-electron chi connectivity index (χ3n) is 2.56. The van der Waals surface area contributed by atoms with Gasteiger partial charge in [-0.15, -0.1) is 0 Å². The summed E-state index contributed by atoms with van der Waals surface area (Å²) < 4.78 is 9.92. The first-order valence-corrected chi connectivity index (χ1v) is 6.21. The molecule has 1 aromatic heterocycles. The van der Waals surface area contributed by atoms with Crippen molar-refractivity contribution >= 4 is 17.6 Å². The van der Waals surface area contributed by atoms with Crippen LogP contribution in [0.4, 0.5) is 5.69 Å². The van der Waals surface area contributed by atoms with Crippen LogP contribution >= 0.6 is 0 Å². The lowest BCUT2D eigenvalue weighted by molar-refractivity contribution is -0.119. The summed E-state index contributed by atoms with van der Waals surface area (Å²) in [5.74, 6) is -0.456. The molecular weight excluding hydrogens is 272 g/mol. The highest BCUT2D eigenvalue weighted by Crippen LogP contribution is 2.16. The Balaban J connectivity index is 1.86. The van der Waals surface area contributed by atoms with E-state index in [9.17, 15) is 9.59 Å². The third-order valence-corrected chi connectivity index (χ3v) is 2.56. The first kappa shape index (κ1) is 14.5. The Kier molecular flexibility index (Phi) is 4.87. The number of methoxy groups -OCH3 is 1. The van der Waals surface area contributed by atoms with Gasteiger partial charge in [0.1, 0.15) is 11.4 Å². The molecule has 0 atom stereocenters. The van der Waals surface area contributed by atoms with Crippen molar-refractivity contribution in [2.45, 2.75) is 0 Å². The van der Waals surface area contributed by atoms with Gasteiger partial charge in [-0.3, -0.25) is 4.79 Å². The molecule has 2 aromatic rings. The highest BCUT2D eigenvalue weighted by Gasteiger charge is 2.11. The van der Waals surface area contributed by atoms with Crippen molar-refractivity contribution in [1.82, 2.24) is 4.98 Å². The Labute approximate surface area is 121 Å². The van der Waals surface area contributed by atoms with E-state index in [1.54, 1.807) is 36.4 Å². The zero-order valence-electron chi connectivity index (χ0n) is 11.4. The molecule has 0 saturated carbocycles. The number of amides is 1. The van der Waals surface area contributed by atoms with E-state index in [-0.39, 0.29) is 12.3 Å². The minimum Gasteiger partial charge on any atom is -0.497 e. The van der Waals surface area contributed by atoms with Gasteiger partial charge in [0.15, 0.2) is 6.61 Å². The molecule has 0 saturated heterocycles. The maximum Gasteiger partial charge on any atom is 0.357 e. The first-order valence-electron chi connectivity index (χ1n) is 6.21. The Hall–Kier alpha value is -2.89. The van der Waals surface area contributed by atoms with Crippen LogP contribution in [0.15, 0.2) is 48.7 Å². The molecule has 0 radical (unpaired) electrons. The van der Waals surface area contributed by atoms with E-state index in [4.69, 9.17) is 9.47 Å². The van der Waals surface area contributed by atoms with Gasteiger partial charge < -0.3 is 14.8 Å². The van der Waals surface area contributed by atoms with Crippen LogP contribution < -0.4 is 10.1 Å². The number of esters is 1. The Morgan fingerprint density at radius 1 is 1.19 bits per heavy atom. The molecule has 108 valence electrons. The van der Waals surface area contributed by atoms with Crippen LogP contribution in [-0.4, -0.2) is 30.6 Å². The van der Waals surface area contributed by atoms with Crippen LogP contribution in [-0.2, 0) is 9.53 Å². The number of aromatic nitrogens is 1. The zero-order chi connectivity index (χ0) is 15.1. The monoisotopic (exact) mass is 286 g/mol. The summed E-state index contributed by atoms with van der Waals surface area (Å²) in [6.45, 7) is -0.382. The molecule has 0 unspecified atom stereocenters. The maximum absolute atomic E-state index is 11.7. The smallest absolute Gasteiger partial charge is 0.357 e. The Bertz CT molecular complexity index is 629. The second-order valence-corrected chi connectivity index (χ2v) is 4.07. The normalized spacial score (nSPS) is 9.76. The van der Waals surface area contributed by atoms with Crippen molar-refractivity contribution in [3.05, 3.63) is 54.4 Å². The highest BCUT2D eigenvalue weighted by atomic mass is 16.5. The van der Waals surface area contributed by atoms with Crippen molar-refractivity contribution in [3.8, 4) is 5.75 Å². The molecule has 0 aliphatic rings. The lowest BCUT2D eigenvalue weighted by Gasteiger charge is -2.07. The third kappa shape index (κ3) is 4.31. The number of carbonyl (C=O) groups excluding carboxylic acids is 2. The fourth-order valence-electron chi connectivity index (χ4n) is 1.59. The molecule has 2 rings (SSSR count). The standard InChI is InChI=1S/C15H14N2O4/c1-20-12-6-4-5-11(9-12)17-14(18)10-21-15(19)13-7-2-3-8-16-13/h2-9H,10H2,1H3,(H,17,18). The fourth-order valence-corrected chi connectivity index (χ4v) is 1.59. The van der Waals surface area contributed by atoms with Gasteiger partial charge in [0, 0.05) is 18.0 Å². The molecule has 21 heavy (non-hydrogen) atoms. The number of benzene rings is 1. The summed E-state index contributed by atoms with van der Waals surface area (Å²) in [6.07, 6.45) is 1.48. The number of rotatable bonds is 5. The highest BCUT2D eigenvalue weighted by molar-refractivity contribution is 5.94. The number of carbonyl (C=O) groups is 2. The molecule has 0 fully saturated rings. The number of hydrogen-bond donors (Lipinski definition) is 1.